The van der Waals surface area contributed by atoms with E-state index in [0.29, 0.717) is 13.0 Å². The second-order valence-corrected chi connectivity index (χ2v) is 4.42. The van der Waals surface area contributed by atoms with Crippen molar-refractivity contribution in [1.82, 2.24) is 5.32 Å². The Morgan fingerprint density at radius 2 is 1.63 bits per heavy atom. The van der Waals surface area contributed by atoms with E-state index in [1.54, 1.807) is 0 Å². The van der Waals surface area contributed by atoms with E-state index in [1.807, 2.05) is 54.6 Å². The Balaban J connectivity index is 1.86. The fourth-order valence-corrected chi connectivity index (χ4v) is 1.88. The molecule has 98 valence electrons. The summed E-state index contributed by atoms with van der Waals surface area (Å²) in [5, 5.41) is 11.9. The van der Waals surface area contributed by atoms with Gasteiger partial charge in [-0.25, -0.2) is 0 Å². The molecule has 0 aliphatic carbocycles. The van der Waals surface area contributed by atoms with Crippen molar-refractivity contribution < 1.29 is 9.90 Å². The van der Waals surface area contributed by atoms with Gasteiger partial charge in [0, 0.05) is 6.54 Å². The number of amides is 1. The molecule has 0 aromatic heterocycles. The molecule has 0 radical (unpaired) electrons. The van der Waals surface area contributed by atoms with Crippen molar-refractivity contribution in [2.75, 3.05) is 0 Å². The maximum Gasteiger partial charge on any atom is 0.224 e. The molecule has 0 saturated carbocycles. The summed E-state index contributed by atoms with van der Waals surface area (Å²) in [5.74, 6) is 0.000557. The van der Waals surface area contributed by atoms with Crippen molar-refractivity contribution >= 4 is 5.91 Å². The largest absolute Gasteiger partial charge is 0.392 e. The lowest BCUT2D eigenvalue weighted by atomic mass is 10.1. The van der Waals surface area contributed by atoms with Crippen LogP contribution in [0.15, 0.2) is 54.6 Å². The van der Waals surface area contributed by atoms with Crippen molar-refractivity contribution in [2.24, 2.45) is 0 Å². The molecule has 0 aliphatic rings. The van der Waals surface area contributed by atoms with Gasteiger partial charge in [0.25, 0.3) is 0 Å². The van der Waals surface area contributed by atoms with E-state index in [1.165, 1.54) is 0 Å². The van der Waals surface area contributed by atoms with Crippen molar-refractivity contribution in [1.29, 1.82) is 0 Å². The molecule has 2 N–H and O–H groups in total. The third-order valence-corrected chi connectivity index (χ3v) is 2.87. The molecule has 2 rings (SSSR count). The molecule has 3 heteroatoms. The van der Waals surface area contributed by atoms with Gasteiger partial charge < -0.3 is 10.4 Å². The minimum absolute atomic E-state index is 0.000557. The van der Waals surface area contributed by atoms with Gasteiger partial charge in [0.1, 0.15) is 0 Å². The zero-order valence-corrected chi connectivity index (χ0v) is 10.7. The number of hydrogen-bond acceptors (Lipinski definition) is 2. The van der Waals surface area contributed by atoms with E-state index >= 15 is 0 Å². The summed E-state index contributed by atoms with van der Waals surface area (Å²) in [4.78, 5) is 11.8. The van der Waals surface area contributed by atoms with Crippen molar-refractivity contribution in [3.63, 3.8) is 0 Å². The fourth-order valence-electron chi connectivity index (χ4n) is 1.88. The molecule has 0 bridgehead atoms. The van der Waals surface area contributed by atoms with Crippen LogP contribution in [0.4, 0.5) is 0 Å². The Bertz CT molecular complexity index is 537. The molecule has 0 fully saturated rings. The van der Waals surface area contributed by atoms with Gasteiger partial charge in [-0.05, 0) is 16.7 Å². The molecule has 1 amide bonds. The highest BCUT2D eigenvalue weighted by Crippen LogP contribution is 2.05. The van der Waals surface area contributed by atoms with Crippen LogP contribution in [0.5, 0.6) is 0 Å². The first-order valence-electron chi connectivity index (χ1n) is 6.27. The highest BCUT2D eigenvalue weighted by atomic mass is 16.3. The Morgan fingerprint density at radius 1 is 0.947 bits per heavy atom. The van der Waals surface area contributed by atoms with Crippen LogP contribution in [0, 0.1) is 0 Å². The molecule has 0 saturated heterocycles. The molecule has 19 heavy (non-hydrogen) atoms. The van der Waals surface area contributed by atoms with Gasteiger partial charge in [-0.2, -0.15) is 0 Å². The standard InChI is InChI=1S/C16H17NO2/c18-12-15-8-4-7-14(9-15)11-17-16(19)10-13-5-2-1-3-6-13/h1-9,18H,10-12H2,(H,17,19). The molecule has 3 nitrogen and oxygen atoms in total. The zero-order valence-electron chi connectivity index (χ0n) is 10.7. The Hall–Kier alpha value is -2.13. The maximum absolute atomic E-state index is 11.8. The molecule has 0 aliphatic heterocycles. The highest BCUT2D eigenvalue weighted by Gasteiger charge is 2.03. The lowest BCUT2D eigenvalue weighted by molar-refractivity contribution is -0.120. The summed E-state index contributed by atoms with van der Waals surface area (Å²) in [6.07, 6.45) is 0.389. The van der Waals surface area contributed by atoms with E-state index in [9.17, 15) is 4.79 Å². The summed E-state index contributed by atoms with van der Waals surface area (Å²) in [6.45, 7) is 0.505. The van der Waals surface area contributed by atoms with Crippen LogP contribution in [-0.2, 0) is 24.4 Å². The second-order valence-electron chi connectivity index (χ2n) is 4.42. The number of rotatable bonds is 5. The number of carbonyl (C=O) groups excluding carboxylic acids is 1. The summed E-state index contributed by atoms with van der Waals surface area (Å²) in [6, 6.07) is 17.2. The number of nitrogens with one attached hydrogen (secondary N) is 1. The van der Waals surface area contributed by atoms with Gasteiger partial charge >= 0.3 is 0 Å². The predicted octanol–water partition coefficient (Wildman–Crippen LogP) is 2.04. The topological polar surface area (TPSA) is 49.3 Å². The quantitative estimate of drug-likeness (QED) is 0.859. The molecule has 0 heterocycles. The van der Waals surface area contributed by atoms with Gasteiger partial charge in [-0.3, -0.25) is 4.79 Å². The van der Waals surface area contributed by atoms with Gasteiger partial charge in [-0.15, -0.1) is 0 Å². The minimum atomic E-state index is 0.000557. The molecular formula is C16H17NO2. The summed E-state index contributed by atoms with van der Waals surface area (Å²) in [5.41, 5.74) is 2.85. The van der Waals surface area contributed by atoms with E-state index in [4.69, 9.17) is 5.11 Å². The minimum Gasteiger partial charge on any atom is -0.392 e. The van der Waals surface area contributed by atoms with E-state index < -0.39 is 0 Å². The number of carbonyl (C=O) groups is 1. The van der Waals surface area contributed by atoms with Gasteiger partial charge in [0.05, 0.1) is 13.0 Å². The van der Waals surface area contributed by atoms with Crippen molar-refractivity contribution in [2.45, 2.75) is 19.6 Å². The number of benzene rings is 2. The fraction of sp³-hybridized carbons (Fsp3) is 0.188. The Kier molecular flexibility index (Phi) is 4.70. The van der Waals surface area contributed by atoms with Crippen LogP contribution in [0.1, 0.15) is 16.7 Å². The lowest BCUT2D eigenvalue weighted by Gasteiger charge is -2.06. The molecule has 0 atom stereocenters. The molecular weight excluding hydrogens is 238 g/mol. The van der Waals surface area contributed by atoms with E-state index in [2.05, 4.69) is 5.32 Å². The summed E-state index contributed by atoms with van der Waals surface area (Å²) < 4.78 is 0. The third-order valence-electron chi connectivity index (χ3n) is 2.87. The van der Waals surface area contributed by atoms with Crippen molar-refractivity contribution in [3.8, 4) is 0 Å². The second kappa shape index (κ2) is 6.71. The SMILES string of the molecule is O=C(Cc1ccccc1)NCc1cccc(CO)c1. The first kappa shape index (κ1) is 13.3. The van der Waals surface area contributed by atoms with Gasteiger partial charge in [0.15, 0.2) is 0 Å². The Labute approximate surface area is 112 Å². The predicted molar refractivity (Wildman–Crippen MR) is 74.4 cm³/mol. The average molecular weight is 255 g/mol. The van der Waals surface area contributed by atoms with E-state index in [0.717, 1.165) is 16.7 Å². The monoisotopic (exact) mass is 255 g/mol. The highest BCUT2D eigenvalue weighted by molar-refractivity contribution is 5.78. The maximum atomic E-state index is 11.8. The van der Waals surface area contributed by atoms with E-state index in [-0.39, 0.29) is 12.5 Å². The summed E-state index contributed by atoms with van der Waals surface area (Å²) >= 11 is 0. The number of aliphatic hydroxyl groups is 1. The number of hydrogen-bond donors (Lipinski definition) is 2. The number of aliphatic hydroxyl groups excluding tert-OH is 1. The van der Waals surface area contributed by atoms with Gasteiger partial charge in [-0.1, -0.05) is 54.6 Å². The normalized spacial score (nSPS) is 10.2. The summed E-state index contributed by atoms with van der Waals surface area (Å²) in [7, 11) is 0. The van der Waals surface area contributed by atoms with Crippen LogP contribution < -0.4 is 5.32 Å². The van der Waals surface area contributed by atoms with Crippen LogP contribution in [0.2, 0.25) is 0 Å². The molecule has 0 unspecified atom stereocenters. The van der Waals surface area contributed by atoms with Crippen LogP contribution in [0.25, 0.3) is 0 Å². The first-order valence-corrected chi connectivity index (χ1v) is 6.27. The van der Waals surface area contributed by atoms with Crippen molar-refractivity contribution in [3.05, 3.63) is 71.3 Å². The molecule has 0 spiro atoms. The van der Waals surface area contributed by atoms with Crippen LogP contribution in [-0.4, -0.2) is 11.0 Å². The van der Waals surface area contributed by atoms with Crippen LogP contribution >= 0.6 is 0 Å². The molecule has 2 aromatic rings. The Morgan fingerprint density at radius 3 is 2.37 bits per heavy atom. The first-order chi connectivity index (χ1) is 9.28. The third kappa shape index (κ3) is 4.23. The van der Waals surface area contributed by atoms with Crippen LogP contribution in [0.3, 0.4) is 0 Å². The zero-order chi connectivity index (χ0) is 13.5. The molecule has 2 aromatic carbocycles. The van der Waals surface area contributed by atoms with Gasteiger partial charge in [0.2, 0.25) is 5.91 Å². The lowest BCUT2D eigenvalue weighted by Crippen LogP contribution is -2.24. The average Bonchev–Trinajstić information content (AvgIpc) is 2.46. The smallest absolute Gasteiger partial charge is 0.224 e.